The van der Waals surface area contributed by atoms with Crippen molar-refractivity contribution in [3.8, 4) is 0 Å². The zero-order valence-electron chi connectivity index (χ0n) is 11.5. The number of hydrogen-bond acceptors (Lipinski definition) is 5. The van der Waals surface area contributed by atoms with Crippen molar-refractivity contribution in [1.29, 1.82) is 0 Å². The molecule has 21 heavy (non-hydrogen) atoms. The second kappa shape index (κ2) is 6.61. The second-order valence-corrected chi connectivity index (χ2v) is 7.27. The maximum absolute atomic E-state index is 13.8. The third-order valence-corrected chi connectivity index (χ3v) is 5.18. The van der Waals surface area contributed by atoms with Crippen molar-refractivity contribution in [2.24, 2.45) is 5.73 Å². The molecule has 5 nitrogen and oxygen atoms in total. The number of nitrogens with one attached hydrogen (secondary N) is 1. The zero-order chi connectivity index (χ0) is 15.5. The van der Waals surface area contributed by atoms with Gasteiger partial charge in [-0.1, -0.05) is 6.07 Å². The zero-order valence-corrected chi connectivity index (χ0v) is 13.1. The first-order valence-corrected chi connectivity index (χ1v) is 8.68. The van der Waals surface area contributed by atoms with E-state index in [0.29, 0.717) is 12.0 Å². The molecule has 0 unspecified atom stereocenters. The number of hydrogen-bond donors (Lipinski definition) is 2. The predicted octanol–water partition coefficient (Wildman–Crippen LogP) is 1.57. The summed E-state index contributed by atoms with van der Waals surface area (Å²) in [5.74, 6) is -0.796. The SMILES string of the molecule is Cc1nc(CCNS(=O)(=O)c2ccc(CN)cc2F)cs1. The Morgan fingerprint density at radius 2 is 2.19 bits per heavy atom. The van der Waals surface area contributed by atoms with E-state index in [1.54, 1.807) is 0 Å². The first-order valence-electron chi connectivity index (χ1n) is 6.31. The van der Waals surface area contributed by atoms with Crippen molar-refractivity contribution in [3.63, 3.8) is 0 Å². The first-order chi connectivity index (χ1) is 9.92. The molecule has 0 aliphatic rings. The van der Waals surface area contributed by atoms with Crippen LogP contribution in [0.3, 0.4) is 0 Å². The van der Waals surface area contributed by atoms with Crippen LogP contribution in [0.2, 0.25) is 0 Å². The molecule has 0 spiro atoms. The molecule has 0 saturated carbocycles. The lowest BCUT2D eigenvalue weighted by Gasteiger charge is -2.08. The van der Waals surface area contributed by atoms with E-state index in [1.165, 1.54) is 23.5 Å². The Labute approximate surface area is 127 Å². The number of sulfonamides is 1. The summed E-state index contributed by atoms with van der Waals surface area (Å²) in [5.41, 5.74) is 6.75. The Kier molecular flexibility index (Phi) is 5.04. The monoisotopic (exact) mass is 329 g/mol. The number of halogens is 1. The number of aryl methyl sites for hydroxylation is 1. The molecule has 2 aromatic rings. The highest BCUT2D eigenvalue weighted by molar-refractivity contribution is 7.89. The lowest BCUT2D eigenvalue weighted by molar-refractivity contribution is 0.556. The maximum atomic E-state index is 13.8. The third-order valence-electron chi connectivity index (χ3n) is 2.86. The Morgan fingerprint density at radius 1 is 1.43 bits per heavy atom. The molecule has 114 valence electrons. The largest absolute Gasteiger partial charge is 0.326 e. The van der Waals surface area contributed by atoms with Gasteiger partial charge in [0.25, 0.3) is 0 Å². The van der Waals surface area contributed by atoms with Gasteiger partial charge >= 0.3 is 0 Å². The summed E-state index contributed by atoms with van der Waals surface area (Å²) >= 11 is 1.51. The van der Waals surface area contributed by atoms with Crippen LogP contribution in [0.25, 0.3) is 0 Å². The highest BCUT2D eigenvalue weighted by Gasteiger charge is 2.18. The van der Waals surface area contributed by atoms with Crippen LogP contribution in [0.5, 0.6) is 0 Å². The second-order valence-electron chi connectivity index (χ2n) is 4.47. The van der Waals surface area contributed by atoms with Crippen LogP contribution in [0.15, 0.2) is 28.5 Å². The van der Waals surface area contributed by atoms with E-state index in [4.69, 9.17) is 5.73 Å². The molecule has 1 heterocycles. The topological polar surface area (TPSA) is 85.1 Å². The molecule has 1 aromatic heterocycles. The minimum Gasteiger partial charge on any atom is -0.326 e. The molecule has 0 atom stereocenters. The van der Waals surface area contributed by atoms with E-state index in [0.717, 1.165) is 16.8 Å². The van der Waals surface area contributed by atoms with Crippen molar-refractivity contribution in [2.45, 2.75) is 24.8 Å². The summed E-state index contributed by atoms with van der Waals surface area (Å²) in [6.07, 6.45) is 0.464. The standard InChI is InChI=1S/C13H16FN3O2S2/c1-9-17-11(8-20-9)4-5-16-21(18,19)13-3-2-10(7-15)6-12(13)14/h2-3,6,8,16H,4-5,7,15H2,1H3. The molecule has 0 bridgehead atoms. The van der Waals surface area contributed by atoms with Crippen LogP contribution in [-0.2, 0) is 23.0 Å². The molecule has 0 saturated heterocycles. The summed E-state index contributed by atoms with van der Waals surface area (Å²) in [4.78, 5) is 3.87. The first kappa shape index (κ1) is 16.0. The van der Waals surface area contributed by atoms with Gasteiger partial charge in [-0.3, -0.25) is 0 Å². The van der Waals surface area contributed by atoms with Crippen molar-refractivity contribution in [2.75, 3.05) is 6.54 Å². The van der Waals surface area contributed by atoms with Gasteiger partial charge in [-0.15, -0.1) is 11.3 Å². The van der Waals surface area contributed by atoms with Crippen LogP contribution in [-0.4, -0.2) is 19.9 Å². The van der Waals surface area contributed by atoms with E-state index < -0.39 is 15.8 Å². The highest BCUT2D eigenvalue weighted by Crippen LogP contribution is 2.16. The molecular weight excluding hydrogens is 313 g/mol. The van der Waals surface area contributed by atoms with Gasteiger partial charge in [0, 0.05) is 24.9 Å². The van der Waals surface area contributed by atoms with Gasteiger partial charge in [0.05, 0.1) is 10.7 Å². The molecule has 0 amide bonds. The van der Waals surface area contributed by atoms with E-state index in [9.17, 15) is 12.8 Å². The van der Waals surface area contributed by atoms with Crippen molar-refractivity contribution < 1.29 is 12.8 Å². The summed E-state index contributed by atoms with van der Waals surface area (Å²) in [5, 5.41) is 2.80. The molecule has 3 N–H and O–H groups in total. The molecule has 0 radical (unpaired) electrons. The van der Waals surface area contributed by atoms with Crippen molar-refractivity contribution >= 4 is 21.4 Å². The Balaban J connectivity index is 2.04. The fourth-order valence-corrected chi connectivity index (χ4v) is 3.54. The van der Waals surface area contributed by atoms with Gasteiger partial charge in [-0.05, 0) is 24.6 Å². The fourth-order valence-electron chi connectivity index (χ4n) is 1.80. The molecule has 2 rings (SSSR count). The molecule has 1 aromatic carbocycles. The van der Waals surface area contributed by atoms with Gasteiger partial charge in [-0.2, -0.15) is 0 Å². The van der Waals surface area contributed by atoms with E-state index in [-0.39, 0.29) is 18.0 Å². The van der Waals surface area contributed by atoms with Crippen LogP contribution in [0.1, 0.15) is 16.3 Å². The third kappa shape index (κ3) is 4.07. The Bertz CT molecular complexity index is 729. The van der Waals surface area contributed by atoms with E-state index >= 15 is 0 Å². The fraction of sp³-hybridized carbons (Fsp3) is 0.308. The lowest BCUT2D eigenvalue weighted by Crippen LogP contribution is -2.27. The Hall–Kier alpha value is -1.35. The number of benzene rings is 1. The molecule has 8 heteroatoms. The molecule has 0 aliphatic heterocycles. The van der Waals surface area contributed by atoms with Gasteiger partial charge in [0.2, 0.25) is 10.0 Å². The summed E-state index contributed by atoms with van der Waals surface area (Å²) in [6.45, 7) is 2.21. The number of aromatic nitrogens is 1. The summed E-state index contributed by atoms with van der Waals surface area (Å²) in [7, 11) is -3.87. The van der Waals surface area contributed by atoms with Crippen molar-refractivity contribution in [3.05, 3.63) is 45.7 Å². The molecule has 0 aliphatic carbocycles. The van der Waals surface area contributed by atoms with Gasteiger partial charge in [-0.25, -0.2) is 22.5 Å². The van der Waals surface area contributed by atoms with E-state index in [1.807, 2.05) is 12.3 Å². The van der Waals surface area contributed by atoms with Gasteiger partial charge in [0.1, 0.15) is 10.7 Å². The smallest absolute Gasteiger partial charge is 0.243 e. The number of nitrogens with two attached hydrogens (primary N) is 1. The Morgan fingerprint density at radius 3 is 2.76 bits per heavy atom. The molecular formula is C13H16FN3O2S2. The number of rotatable bonds is 6. The van der Waals surface area contributed by atoms with Crippen LogP contribution in [0, 0.1) is 12.7 Å². The van der Waals surface area contributed by atoms with Gasteiger partial charge < -0.3 is 5.73 Å². The lowest BCUT2D eigenvalue weighted by atomic mass is 10.2. The average molecular weight is 329 g/mol. The van der Waals surface area contributed by atoms with Crippen LogP contribution < -0.4 is 10.5 Å². The summed E-state index contributed by atoms with van der Waals surface area (Å²) < 4.78 is 40.3. The number of nitrogens with zero attached hydrogens (tertiary/aromatic N) is 1. The normalized spacial score (nSPS) is 11.8. The van der Waals surface area contributed by atoms with Crippen LogP contribution in [0.4, 0.5) is 4.39 Å². The van der Waals surface area contributed by atoms with E-state index in [2.05, 4.69) is 9.71 Å². The predicted molar refractivity (Wildman–Crippen MR) is 80.0 cm³/mol. The minimum atomic E-state index is -3.87. The van der Waals surface area contributed by atoms with Crippen molar-refractivity contribution in [1.82, 2.24) is 9.71 Å². The summed E-state index contributed by atoms with van der Waals surface area (Å²) in [6, 6.07) is 3.87. The highest BCUT2D eigenvalue weighted by atomic mass is 32.2. The molecule has 0 fully saturated rings. The quantitative estimate of drug-likeness (QED) is 0.842. The number of thiazole rings is 1. The average Bonchev–Trinajstić information content (AvgIpc) is 2.83. The van der Waals surface area contributed by atoms with Gasteiger partial charge in [0.15, 0.2) is 0 Å². The maximum Gasteiger partial charge on any atom is 0.243 e. The van der Waals surface area contributed by atoms with Crippen LogP contribution >= 0.6 is 11.3 Å². The minimum absolute atomic E-state index is 0.161.